The maximum Gasteiger partial charge on any atom is 0.120 e. The normalized spacial score (nSPS) is 10.8. The molecule has 21 heavy (non-hydrogen) atoms. The molecule has 0 amide bonds. The highest BCUT2D eigenvalue weighted by atomic mass is 79.9. The average Bonchev–Trinajstić information content (AvgIpc) is 2.81. The molecule has 0 saturated carbocycles. The van der Waals surface area contributed by atoms with E-state index in [0.29, 0.717) is 6.61 Å². The van der Waals surface area contributed by atoms with E-state index < -0.39 is 0 Å². The molecule has 2 aromatic rings. The highest BCUT2D eigenvalue weighted by Gasteiger charge is 2.06. The molecule has 0 aliphatic heterocycles. The van der Waals surface area contributed by atoms with E-state index in [1.54, 1.807) is 0 Å². The van der Waals surface area contributed by atoms with Crippen LogP contribution in [0.15, 0.2) is 34.9 Å². The monoisotopic (exact) mass is 351 g/mol. The standard InChI is InChI=1S/C16H22BrN3O/c1-3-7-18-11-14-12-19-20(13(14)2)8-9-21-16-6-4-5-15(17)10-16/h4-6,10,12,18H,3,7-9,11H2,1-2H3. The van der Waals surface area contributed by atoms with Crippen LogP contribution in [0, 0.1) is 6.92 Å². The molecular formula is C16H22BrN3O. The van der Waals surface area contributed by atoms with Gasteiger partial charge in [-0.05, 0) is 38.1 Å². The van der Waals surface area contributed by atoms with Crippen LogP contribution in [0.5, 0.6) is 5.75 Å². The molecule has 114 valence electrons. The zero-order valence-electron chi connectivity index (χ0n) is 12.6. The van der Waals surface area contributed by atoms with E-state index >= 15 is 0 Å². The third kappa shape index (κ3) is 4.86. The molecule has 0 fully saturated rings. The molecule has 1 aromatic carbocycles. The molecule has 0 spiro atoms. The summed E-state index contributed by atoms with van der Waals surface area (Å²) in [4.78, 5) is 0. The predicted octanol–water partition coefficient (Wildman–Crippen LogP) is 3.53. The van der Waals surface area contributed by atoms with Gasteiger partial charge >= 0.3 is 0 Å². The van der Waals surface area contributed by atoms with Crippen molar-refractivity contribution in [2.75, 3.05) is 13.2 Å². The summed E-state index contributed by atoms with van der Waals surface area (Å²) < 4.78 is 8.78. The topological polar surface area (TPSA) is 39.1 Å². The van der Waals surface area contributed by atoms with Crippen LogP contribution in [-0.2, 0) is 13.1 Å². The Morgan fingerprint density at radius 2 is 2.24 bits per heavy atom. The summed E-state index contributed by atoms with van der Waals surface area (Å²) in [5.74, 6) is 0.874. The summed E-state index contributed by atoms with van der Waals surface area (Å²) in [6, 6.07) is 7.88. The smallest absolute Gasteiger partial charge is 0.120 e. The number of rotatable bonds is 8. The lowest BCUT2D eigenvalue weighted by atomic mass is 10.2. The Hall–Kier alpha value is -1.33. The number of hydrogen-bond donors (Lipinski definition) is 1. The van der Waals surface area contributed by atoms with Crippen LogP contribution in [0.3, 0.4) is 0 Å². The largest absolute Gasteiger partial charge is 0.492 e. The number of ether oxygens (including phenoxy) is 1. The molecule has 0 bridgehead atoms. The van der Waals surface area contributed by atoms with Gasteiger partial charge in [-0.25, -0.2) is 0 Å². The third-order valence-corrected chi connectivity index (χ3v) is 3.81. The Bertz CT molecular complexity index is 568. The zero-order valence-corrected chi connectivity index (χ0v) is 14.2. The minimum atomic E-state index is 0.612. The van der Waals surface area contributed by atoms with Gasteiger partial charge in [0.05, 0.1) is 12.7 Å². The summed E-state index contributed by atoms with van der Waals surface area (Å²) in [5, 5.41) is 7.83. The van der Waals surface area contributed by atoms with Crippen molar-refractivity contribution >= 4 is 15.9 Å². The Morgan fingerprint density at radius 1 is 1.38 bits per heavy atom. The van der Waals surface area contributed by atoms with E-state index in [4.69, 9.17) is 4.74 Å². The summed E-state index contributed by atoms with van der Waals surface area (Å²) in [5.41, 5.74) is 2.46. The van der Waals surface area contributed by atoms with Crippen LogP contribution < -0.4 is 10.1 Å². The van der Waals surface area contributed by atoms with E-state index in [1.807, 2.05) is 35.1 Å². The molecule has 0 atom stereocenters. The van der Waals surface area contributed by atoms with E-state index in [9.17, 15) is 0 Å². The molecular weight excluding hydrogens is 330 g/mol. The first kappa shape index (κ1) is 16.0. The Morgan fingerprint density at radius 3 is 3.00 bits per heavy atom. The molecule has 1 N–H and O–H groups in total. The molecule has 0 aliphatic carbocycles. The van der Waals surface area contributed by atoms with Gasteiger partial charge in [-0.1, -0.05) is 28.9 Å². The van der Waals surface area contributed by atoms with Gasteiger partial charge in [0.25, 0.3) is 0 Å². The molecule has 1 heterocycles. The minimum Gasteiger partial charge on any atom is -0.492 e. The first-order valence-electron chi connectivity index (χ1n) is 7.31. The summed E-state index contributed by atoms with van der Waals surface area (Å²) in [7, 11) is 0. The highest BCUT2D eigenvalue weighted by molar-refractivity contribution is 9.10. The number of hydrogen-bond acceptors (Lipinski definition) is 3. The van der Waals surface area contributed by atoms with Crippen molar-refractivity contribution in [1.82, 2.24) is 15.1 Å². The van der Waals surface area contributed by atoms with E-state index in [2.05, 4.69) is 40.2 Å². The van der Waals surface area contributed by atoms with Gasteiger partial charge < -0.3 is 10.1 Å². The second kappa shape index (κ2) is 8.20. The molecule has 4 nitrogen and oxygen atoms in total. The Labute approximate surface area is 134 Å². The quantitative estimate of drug-likeness (QED) is 0.739. The molecule has 0 aliphatic rings. The van der Waals surface area contributed by atoms with Crippen molar-refractivity contribution in [3.05, 3.63) is 46.2 Å². The van der Waals surface area contributed by atoms with Crippen molar-refractivity contribution in [3.8, 4) is 5.75 Å². The highest BCUT2D eigenvalue weighted by Crippen LogP contribution is 2.17. The maximum atomic E-state index is 5.75. The number of nitrogens with zero attached hydrogens (tertiary/aromatic N) is 2. The summed E-state index contributed by atoms with van der Waals surface area (Å²) in [6.45, 7) is 7.56. The van der Waals surface area contributed by atoms with Gasteiger partial charge in [-0.3, -0.25) is 4.68 Å². The lowest BCUT2D eigenvalue weighted by Gasteiger charge is -2.09. The number of nitrogens with one attached hydrogen (secondary N) is 1. The average molecular weight is 352 g/mol. The fraction of sp³-hybridized carbons (Fsp3) is 0.438. The second-order valence-corrected chi connectivity index (χ2v) is 5.88. The molecule has 0 radical (unpaired) electrons. The molecule has 0 unspecified atom stereocenters. The van der Waals surface area contributed by atoms with Crippen molar-refractivity contribution in [2.24, 2.45) is 0 Å². The van der Waals surface area contributed by atoms with Crippen molar-refractivity contribution in [3.63, 3.8) is 0 Å². The minimum absolute atomic E-state index is 0.612. The summed E-state index contributed by atoms with van der Waals surface area (Å²) in [6.07, 6.45) is 3.09. The lowest BCUT2D eigenvalue weighted by Crippen LogP contribution is -2.15. The Kier molecular flexibility index (Phi) is 6.26. The molecule has 0 saturated heterocycles. The van der Waals surface area contributed by atoms with E-state index in [1.165, 1.54) is 11.3 Å². The molecule has 5 heteroatoms. The number of halogens is 1. The number of aromatic nitrogens is 2. The number of benzene rings is 1. The van der Waals surface area contributed by atoms with Gasteiger partial charge in [-0.15, -0.1) is 0 Å². The van der Waals surface area contributed by atoms with Crippen LogP contribution >= 0.6 is 15.9 Å². The Balaban J connectivity index is 1.83. The van der Waals surface area contributed by atoms with Crippen molar-refractivity contribution < 1.29 is 4.74 Å². The lowest BCUT2D eigenvalue weighted by molar-refractivity contribution is 0.289. The van der Waals surface area contributed by atoms with Gasteiger partial charge in [0.2, 0.25) is 0 Å². The maximum absolute atomic E-state index is 5.75. The van der Waals surface area contributed by atoms with Gasteiger partial charge in [0.1, 0.15) is 12.4 Å². The fourth-order valence-electron chi connectivity index (χ4n) is 2.09. The first-order chi connectivity index (χ1) is 10.2. The first-order valence-corrected chi connectivity index (χ1v) is 8.10. The second-order valence-electron chi connectivity index (χ2n) is 4.96. The SMILES string of the molecule is CCCNCc1cnn(CCOc2cccc(Br)c2)c1C. The van der Waals surface area contributed by atoms with Gasteiger partial charge in [-0.2, -0.15) is 5.10 Å². The predicted molar refractivity (Wildman–Crippen MR) is 88.6 cm³/mol. The van der Waals surface area contributed by atoms with Crippen LogP contribution in [-0.4, -0.2) is 22.9 Å². The third-order valence-electron chi connectivity index (χ3n) is 3.31. The van der Waals surface area contributed by atoms with Gasteiger partial charge in [0.15, 0.2) is 0 Å². The van der Waals surface area contributed by atoms with Crippen molar-refractivity contribution in [2.45, 2.75) is 33.4 Å². The van der Waals surface area contributed by atoms with E-state index in [-0.39, 0.29) is 0 Å². The van der Waals surface area contributed by atoms with Crippen LogP contribution in [0.1, 0.15) is 24.6 Å². The van der Waals surface area contributed by atoms with Crippen LogP contribution in [0.4, 0.5) is 0 Å². The van der Waals surface area contributed by atoms with Crippen LogP contribution in [0.25, 0.3) is 0 Å². The van der Waals surface area contributed by atoms with Crippen molar-refractivity contribution in [1.29, 1.82) is 0 Å². The fourth-order valence-corrected chi connectivity index (χ4v) is 2.47. The van der Waals surface area contributed by atoms with E-state index in [0.717, 1.165) is 36.3 Å². The molecule has 2 rings (SSSR count). The van der Waals surface area contributed by atoms with Crippen LogP contribution in [0.2, 0.25) is 0 Å². The summed E-state index contributed by atoms with van der Waals surface area (Å²) >= 11 is 3.44. The molecule has 1 aromatic heterocycles. The zero-order chi connectivity index (χ0) is 15.1. The van der Waals surface area contributed by atoms with Gasteiger partial charge in [0, 0.05) is 22.3 Å².